The number of phenols is 1. The Morgan fingerprint density at radius 2 is 1.72 bits per heavy atom. The van der Waals surface area contributed by atoms with E-state index in [1.807, 2.05) is 0 Å². The van der Waals surface area contributed by atoms with E-state index in [9.17, 15) is 9.90 Å². The van der Waals surface area contributed by atoms with Crippen LogP contribution in [0.15, 0.2) is 39.5 Å². The van der Waals surface area contributed by atoms with Crippen LogP contribution in [0.1, 0.15) is 12.8 Å². The van der Waals surface area contributed by atoms with Gasteiger partial charge in [0, 0.05) is 24.2 Å². The Kier molecular flexibility index (Phi) is 6.41. The van der Waals surface area contributed by atoms with E-state index < -0.39 is 5.43 Å². The lowest BCUT2D eigenvalue weighted by molar-refractivity contribution is 0.228. The number of rotatable bonds is 8. The molecule has 1 aliphatic rings. The van der Waals surface area contributed by atoms with Crippen molar-refractivity contribution in [3.63, 3.8) is 0 Å². The molecule has 0 amide bonds. The van der Waals surface area contributed by atoms with Gasteiger partial charge in [0.15, 0.2) is 28.4 Å². The number of phenolic OH excluding ortho intramolecular Hbond substituents is 1. The highest BCUT2D eigenvalue weighted by Crippen LogP contribution is 2.42. The lowest BCUT2D eigenvalue weighted by atomic mass is 10.1. The third kappa shape index (κ3) is 4.18. The van der Waals surface area contributed by atoms with E-state index in [0.717, 1.165) is 19.6 Å². The van der Waals surface area contributed by atoms with Crippen molar-refractivity contribution in [2.24, 2.45) is 0 Å². The predicted octanol–water partition coefficient (Wildman–Crippen LogP) is 3.67. The van der Waals surface area contributed by atoms with Crippen LogP contribution < -0.4 is 24.4 Å². The molecule has 32 heavy (non-hydrogen) atoms. The normalized spacial score (nSPS) is 14.0. The molecule has 8 heteroatoms. The molecule has 0 spiro atoms. The molecule has 170 valence electrons. The first-order valence-electron chi connectivity index (χ1n) is 10.5. The van der Waals surface area contributed by atoms with Gasteiger partial charge in [0.05, 0.1) is 21.3 Å². The topological polar surface area (TPSA) is 90.6 Å². The van der Waals surface area contributed by atoms with E-state index in [4.69, 9.17) is 23.4 Å². The maximum Gasteiger partial charge on any atom is 0.204 e. The number of methoxy groups -OCH3 is 3. The average molecular weight is 441 g/mol. The van der Waals surface area contributed by atoms with Gasteiger partial charge >= 0.3 is 0 Å². The Bertz CT molecular complexity index is 1170. The Hall–Kier alpha value is -3.39. The smallest absolute Gasteiger partial charge is 0.204 e. The van der Waals surface area contributed by atoms with E-state index in [1.165, 1.54) is 33.1 Å². The summed E-state index contributed by atoms with van der Waals surface area (Å²) in [6, 6.07) is 8.14. The van der Waals surface area contributed by atoms with E-state index >= 15 is 0 Å². The summed E-state index contributed by atoms with van der Waals surface area (Å²) in [5, 5.41) is 10.8. The van der Waals surface area contributed by atoms with Crippen LogP contribution in [-0.2, 0) is 0 Å². The lowest BCUT2D eigenvalue weighted by Gasteiger charge is -2.17. The van der Waals surface area contributed by atoms with Crippen LogP contribution >= 0.6 is 0 Å². The number of hydrogen-bond donors (Lipinski definition) is 1. The second kappa shape index (κ2) is 9.40. The molecular weight excluding hydrogens is 414 g/mol. The molecule has 0 aliphatic carbocycles. The third-order valence-corrected chi connectivity index (χ3v) is 5.65. The molecule has 0 atom stereocenters. The molecule has 1 aliphatic heterocycles. The molecule has 0 radical (unpaired) electrons. The summed E-state index contributed by atoms with van der Waals surface area (Å²) in [6.07, 6.45) is 2.40. The molecule has 3 aromatic rings. The monoisotopic (exact) mass is 441 g/mol. The predicted molar refractivity (Wildman–Crippen MR) is 120 cm³/mol. The van der Waals surface area contributed by atoms with Crippen molar-refractivity contribution in [2.45, 2.75) is 12.8 Å². The third-order valence-electron chi connectivity index (χ3n) is 5.65. The van der Waals surface area contributed by atoms with Crippen molar-refractivity contribution < 1.29 is 28.5 Å². The summed E-state index contributed by atoms with van der Waals surface area (Å²) < 4.78 is 27.9. The molecule has 8 nitrogen and oxygen atoms in total. The minimum Gasteiger partial charge on any atom is -0.504 e. The first kappa shape index (κ1) is 21.8. The second-order valence-electron chi connectivity index (χ2n) is 7.57. The first-order valence-corrected chi connectivity index (χ1v) is 10.5. The molecule has 1 aromatic heterocycles. The number of ether oxygens (including phenoxy) is 4. The molecule has 0 unspecified atom stereocenters. The Morgan fingerprint density at radius 1 is 0.969 bits per heavy atom. The zero-order valence-electron chi connectivity index (χ0n) is 18.5. The average Bonchev–Trinajstić information content (AvgIpc) is 3.32. The second-order valence-corrected chi connectivity index (χ2v) is 7.57. The van der Waals surface area contributed by atoms with Crippen LogP contribution in [0.2, 0.25) is 0 Å². The van der Waals surface area contributed by atoms with Gasteiger partial charge in [-0.15, -0.1) is 0 Å². The molecule has 1 saturated heterocycles. The van der Waals surface area contributed by atoms with Crippen molar-refractivity contribution in [1.29, 1.82) is 0 Å². The van der Waals surface area contributed by atoms with Crippen molar-refractivity contribution in [1.82, 2.24) is 4.90 Å². The van der Waals surface area contributed by atoms with Gasteiger partial charge in [-0.05, 0) is 44.1 Å². The summed E-state index contributed by atoms with van der Waals surface area (Å²) in [5.74, 6) is 1.55. The molecule has 0 bridgehead atoms. The summed E-state index contributed by atoms with van der Waals surface area (Å²) in [5.41, 5.74) is 0.445. The van der Waals surface area contributed by atoms with Gasteiger partial charge in [0.25, 0.3) is 0 Å². The molecule has 4 rings (SSSR count). The molecule has 2 aromatic carbocycles. The Labute approximate surface area is 185 Å². The number of likely N-dealkylation sites (tertiary alicyclic amines) is 1. The van der Waals surface area contributed by atoms with E-state index in [1.54, 1.807) is 31.4 Å². The van der Waals surface area contributed by atoms with Crippen molar-refractivity contribution in [2.75, 3.05) is 47.6 Å². The summed E-state index contributed by atoms with van der Waals surface area (Å²) in [6.45, 7) is 3.33. The van der Waals surface area contributed by atoms with E-state index in [2.05, 4.69) is 4.90 Å². The first-order chi connectivity index (χ1) is 15.5. The van der Waals surface area contributed by atoms with E-state index in [-0.39, 0.29) is 22.5 Å². The fourth-order valence-corrected chi connectivity index (χ4v) is 3.99. The Balaban J connectivity index is 1.72. The maximum absolute atomic E-state index is 12.9. The lowest BCUT2D eigenvalue weighted by Crippen LogP contribution is -2.25. The highest BCUT2D eigenvalue weighted by Gasteiger charge is 2.21. The van der Waals surface area contributed by atoms with Crippen LogP contribution in [0, 0.1) is 0 Å². The van der Waals surface area contributed by atoms with Crippen LogP contribution in [-0.4, -0.2) is 57.6 Å². The van der Waals surface area contributed by atoms with Gasteiger partial charge in [0.1, 0.15) is 23.3 Å². The SMILES string of the molecule is COc1ccc(-c2cc(=O)c3c(O)c(OC)c(OCCN4CCCC4)cc3o2)cc1OC. The maximum atomic E-state index is 12.9. The largest absolute Gasteiger partial charge is 0.504 e. The molecular formula is C24H27NO7. The summed E-state index contributed by atoms with van der Waals surface area (Å²) in [7, 11) is 4.51. The van der Waals surface area contributed by atoms with Gasteiger partial charge in [0.2, 0.25) is 5.75 Å². The van der Waals surface area contributed by atoms with Crippen LogP contribution in [0.4, 0.5) is 0 Å². The number of benzene rings is 2. The van der Waals surface area contributed by atoms with Crippen LogP contribution in [0.3, 0.4) is 0 Å². The van der Waals surface area contributed by atoms with Crippen LogP contribution in [0.25, 0.3) is 22.3 Å². The molecule has 0 saturated carbocycles. The van der Waals surface area contributed by atoms with Crippen LogP contribution in [0.5, 0.6) is 28.7 Å². The zero-order chi connectivity index (χ0) is 22.7. The van der Waals surface area contributed by atoms with Crippen molar-refractivity contribution in [3.05, 3.63) is 40.6 Å². The van der Waals surface area contributed by atoms with Gasteiger partial charge in [-0.2, -0.15) is 0 Å². The van der Waals surface area contributed by atoms with E-state index in [0.29, 0.717) is 35.2 Å². The minimum absolute atomic E-state index is 0.0398. The molecule has 1 N–H and O–H groups in total. The highest BCUT2D eigenvalue weighted by atomic mass is 16.5. The number of hydrogen-bond acceptors (Lipinski definition) is 8. The number of fused-ring (bicyclic) bond motifs is 1. The quantitative estimate of drug-likeness (QED) is 0.566. The van der Waals surface area contributed by atoms with Crippen molar-refractivity contribution in [3.8, 4) is 40.1 Å². The fourth-order valence-electron chi connectivity index (χ4n) is 3.99. The standard InChI is InChI=1S/C24H27NO7/c1-28-17-7-6-15(12-19(17)29-2)18-13-16(26)22-20(32-18)14-21(24(30-3)23(22)27)31-11-10-25-8-4-5-9-25/h6-7,12-14,27H,4-5,8-11H2,1-3H3. The van der Waals surface area contributed by atoms with Gasteiger partial charge in [-0.25, -0.2) is 0 Å². The minimum atomic E-state index is -0.393. The van der Waals surface area contributed by atoms with Gasteiger partial charge in [-0.1, -0.05) is 0 Å². The van der Waals surface area contributed by atoms with Crippen molar-refractivity contribution >= 4 is 11.0 Å². The number of nitrogens with zero attached hydrogens (tertiary/aromatic N) is 1. The Morgan fingerprint density at radius 3 is 2.41 bits per heavy atom. The molecule has 2 heterocycles. The van der Waals surface area contributed by atoms with Gasteiger partial charge in [-0.3, -0.25) is 9.69 Å². The summed E-state index contributed by atoms with van der Waals surface area (Å²) >= 11 is 0. The van der Waals surface area contributed by atoms with Gasteiger partial charge < -0.3 is 28.5 Å². The highest BCUT2D eigenvalue weighted by molar-refractivity contribution is 5.89. The zero-order valence-corrected chi connectivity index (χ0v) is 18.5. The summed E-state index contributed by atoms with van der Waals surface area (Å²) in [4.78, 5) is 15.2. The fraction of sp³-hybridized carbons (Fsp3) is 0.375. The number of aromatic hydroxyl groups is 1. The molecule has 1 fully saturated rings.